The molecule has 3 N–H and O–H groups in total. The number of carbonyl (C=O) groups excluding carboxylic acids is 1. The minimum atomic E-state index is -0.346. The molecule has 0 amide bonds. The van der Waals surface area contributed by atoms with Gasteiger partial charge in [-0.15, -0.1) is 0 Å². The van der Waals surface area contributed by atoms with Crippen LogP contribution in [0.4, 0.5) is 17.2 Å². The summed E-state index contributed by atoms with van der Waals surface area (Å²) < 4.78 is 11.1. The van der Waals surface area contributed by atoms with E-state index in [4.69, 9.17) is 15.2 Å². The van der Waals surface area contributed by atoms with Gasteiger partial charge in [0, 0.05) is 5.69 Å². The molecular weight excluding hydrogens is 380 g/mol. The summed E-state index contributed by atoms with van der Waals surface area (Å²) in [6.07, 6.45) is 1.38. The zero-order valence-electron chi connectivity index (χ0n) is 17.6. The number of benzene rings is 2. The smallest absolute Gasteiger partial charge is 0.338 e. The Morgan fingerprint density at radius 3 is 2.47 bits per heavy atom. The topological polar surface area (TPSA) is 99.4 Å². The summed E-state index contributed by atoms with van der Waals surface area (Å²) in [5, 5.41) is 3.13. The van der Waals surface area contributed by atoms with E-state index >= 15 is 0 Å². The molecule has 3 aromatic rings. The van der Waals surface area contributed by atoms with Crippen LogP contribution >= 0.6 is 0 Å². The maximum absolute atomic E-state index is 12.0. The van der Waals surface area contributed by atoms with E-state index in [1.54, 1.807) is 24.3 Å². The molecule has 0 saturated heterocycles. The molecule has 0 saturated carbocycles. The van der Waals surface area contributed by atoms with Crippen molar-refractivity contribution in [3.8, 4) is 11.6 Å². The van der Waals surface area contributed by atoms with Crippen molar-refractivity contribution in [2.45, 2.75) is 27.7 Å². The van der Waals surface area contributed by atoms with Crippen molar-refractivity contribution in [2.24, 2.45) is 5.92 Å². The first-order valence-corrected chi connectivity index (χ1v) is 9.73. The summed E-state index contributed by atoms with van der Waals surface area (Å²) in [6.45, 7) is 8.42. The first-order chi connectivity index (χ1) is 14.3. The lowest BCUT2D eigenvalue weighted by Crippen LogP contribution is -2.10. The average Bonchev–Trinajstić information content (AvgIpc) is 2.72. The molecule has 0 aliphatic rings. The van der Waals surface area contributed by atoms with E-state index < -0.39 is 0 Å². The summed E-state index contributed by atoms with van der Waals surface area (Å²) >= 11 is 0. The van der Waals surface area contributed by atoms with Gasteiger partial charge in [0.05, 0.1) is 12.2 Å². The highest BCUT2D eigenvalue weighted by molar-refractivity contribution is 5.90. The van der Waals surface area contributed by atoms with Crippen molar-refractivity contribution >= 4 is 23.2 Å². The van der Waals surface area contributed by atoms with Crippen LogP contribution in [0, 0.1) is 19.8 Å². The molecule has 3 rings (SSSR count). The maximum Gasteiger partial charge on any atom is 0.338 e. The van der Waals surface area contributed by atoms with Crippen LogP contribution in [0.2, 0.25) is 0 Å². The molecule has 156 valence electrons. The Morgan fingerprint density at radius 1 is 1.07 bits per heavy atom. The Hall–Kier alpha value is -3.61. The van der Waals surface area contributed by atoms with Crippen molar-refractivity contribution in [2.75, 3.05) is 17.7 Å². The second-order valence-corrected chi connectivity index (χ2v) is 7.48. The maximum atomic E-state index is 12.0. The van der Waals surface area contributed by atoms with Gasteiger partial charge in [-0.1, -0.05) is 19.9 Å². The number of nitrogens with zero attached hydrogens (tertiary/aromatic N) is 2. The van der Waals surface area contributed by atoms with Gasteiger partial charge >= 0.3 is 5.97 Å². The van der Waals surface area contributed by atoms with E-state index in [-0.39, 0.29) is 23.5 Å². The number of hydrogen-bond donors (Lipinski definition) is 2. The molecule has 1 aromatic heterocycles. The predicted molar refractivity (Wildman–Crippen MR) is 117 cm³/mol. The largest absolute Gasteiger partial charge is 0.462 e. The number of esters is 1. The Kier molecular flexibility index (Phi) is 6.51. The summed E-state index contributed by atoms with van der Waals surface area (Å²) in [4.78, 5) is 20.4. The van der Waals surface area contributed by atoms with Gasteiger partial charge < -0.3 is 20.5 Å². The lowest BCUT2D eigenvalue weighted by molar-refractivity contribution is 0.0459. The first kappa shape index (κ1) is 21.1. The molecule has 0 bridgehead atoms. The molecular formula is C23H26N4O3. The predicted octanol–water partition coefficient (Wildman–Crippen LogP) is 5.02. The molecule has 0 radical (unpaired) electrons. The molecule has 0 aliphatic heterocycles. The third-order valence-corrected chi connectivity index (χ3v) is 4.47. The number of aryl methyl sites for hydroxylation is 2. The van der Waals surface area contributed by atoms with Crippen molar-refractivity contribution in [3.63, 3.8) is 0 Å². The molecule has 0 atom stereocenters. The Labute approximate surface area is 176 Å². The van der Waals surface area contributed by atoms with Crippen LogP contribution < -0.4 is 15.8 Å². The van der Waals surface area contributed by atoms with Gasteiger partial charge in [-0.2, -0.15) is 4.98 Å². The Bertz CT molecular complexity index is 1030. The van der Waals surface area contributed by atoms with E-state index in [1.807, 2.05) is 45.9 Å². The lowest BCUT2D eigenvalue weighted by atomic mass is 10.1. The molecule has 0 aliphatic carbocycles. The number of anilines is 3. The number of ether oxygens (including phenoxy) is 2. The normalized spacial score (nSPS) is 10.7. The van der Waals surface area contributed by atoms with Crippen LogP contribution in [0.25, 0.3) is 0 Å². The van der Waals surface area contributed by atoms with Crippen LogP contribution in [-0.4, -0.2) is 22.5 Å². The number of hydrogen-bond acceptors (Lipinski definition) is 7. The summed E-state index contributed by atoms with van der Waals surface area (Å²) in [5.74, 6) is 1.28. The Morgan fingerprint density at radius 2 is 1.80 bits per heavy atom. The molecule has 7 heteroatoms. The SMILES string of the molecule is Cc1ccc(Oc2ncnc(Nc3ccc(C(=O)OCC(C)C)cc3)c2N)cc1C. The highest BCUT2D eigenvalue weighted by atomic mass is 16.5. The van der Waals surface area contributed by atoms with Crippen LogP contribution in [0.15, 0.2) is 48.8 Å². The van der Waals surface area contributed by atoms with E-state index in [2.05, 4.69) is 15.3 Å². The van der Waals surface area contributed by atoms with Gasteiger partial charge in [0.1, 0.15) is 17.8 Å². The number of nitrogens with two attached hydrogens (primary N) is 1. The number of aromatic nitrogens is 2. The third kappa shape index (κ3) is 5.26. The van der Waals surface area contributed by atoms with Gasteiger partial charge in [0.25, 0.3) is 0 Å². The monoisotopic (exact) mass is 406 g/mol. The van der Waals surface area contributed by atoms with Crippen LogP contribution in [-0.2, 0) is 4.74 Å². The fourth-order valence-corrected chi connectivity index (χ4v) is 2.60. The molecule has 2 aromatic carbocycles. The van der Waals surface area contributed by atoms with Gasteiger partial charge in [-0.05, 0) is 67.3 Å². The minimum absolute atomic E-state index is 0.268. The van der Waals surface area contributed by atoms with Crippen LogP contribution in [0.3, 0.4) is 0 Å². The van der Waals surface area contributed by atoms with E-state index in [1.165, 1.54) is 11.9 Å². The van der Waals surface area contributed by atoms with E-state index in [9.17, 15) is 4.79 Å². The van der Waals surface area contributed by atoms with Gasteiger partial charge in [-0.3, -0.25) is 0 Å². The second-order valence-electron chi connectivity index (χ2n) is 7.48. The fourth-order valence-electron chi connectivity index (χ4n) is 2.60. The summed E-state index contributed by atoms with van der Waals surface area (Å²) in [7, 11) is 0. The van der Waals surface area contributed by atoms with Crippen molar-refractivity contribution < 1.29 is 14.3 Å². The zero-order valence-corrected chi connectivity index (χ0v) is 17.6. The third-order valence-electron chi connectivity index (χ3n) is 4.47. The zero-order chi connectivity index (χ0) is 21.7. The molecule has 0 unspecified atom stereocenters. The van der Waals surface area contributed by atoms with Gasteiger partial charge in [0.2, 0.25) is 5.88 Å². The van der Waals surface area contributed by atoms with Crippen molar-refractivity contribution in [1.29, 1.82) is 0 Å². The molecule has 0 spiro atoms. The highest BCUT2D eigenvalue weighted by Crippen LogP contribution is 2.31. The number of carbonyl (C=O) groups is 1. The van der Waals surface area contributed by atoms with Gasteiger partial charge in [-0.25, -0.2) is 9.78 Å². The van der Waals surface area contributed by atoms with E-state index in [0.717, 1.165) is 11.3 Å². The molecule has 1 heterocycles. The Balaban J connectivity index is 1.72. The van der Waals surface area contributed by atoms with E-state index in [0.29, 0.717) is 23.7 Å². The average molecular weight is 406 g/mol. The molecule has 30 heavy (non-hydrogen) atoms. The quantitative estimate of drug-likeness (QED) is 0.531. The van der Waals surface area contributed by atoms with Crippen LogP contribution in [0.5, 0.6) is 11.6 Å². The molecule has 0 fully saturated rings. The van der Waals surface area contributed by atoms with Crippen molar-refractivity contribution in [3.05, 3.63) is 65.5 Å². The standard InChI is InChI=1S/C23H26N4O3/c1-14(2)12-29-23(28)17-6-8-18(9-7-17)27-21-20(24)22(26-13-25-21)30-19-10-5-15(3)16(4)11-19/h5-11,13-14H,12,24H2,1-4H3,(H,25,26,27). The summed E-state index contributed by atoms with van der Waals surface area (Å²) in [5.41, 5.74) is 9.99. The highest BCUT2D eigenvalue weighted by Gasteiger charge is 2.12. The first-order valence-electron chi connectivity index (χ1n) is 9.73. The second kappa shape index (κ2) is 9.26. The number of nitrogens with one attached hydrogen (secondary N) is 1. The van der Waals surface area contributed by atoms with Crippen molar-refractivity contribution in [1.82, 2.24) is 9.97 Å². The van der Waals surface area contributed by atoms with Crippen LogP contribution in [0.1, 0.15) is 35.3 Å². The lowest BCUT2D eigenvalue weighted by Gasteiger charge is -2.13. The van der Waals surface area contributed by atoms with Gasteiger partial charge in [0.15, 0.2) is 5.82 Å². The number of nitrogen functional groups attached to an aromatic ring is 1. The number of rotatable bonds is 7. The summed E-state index contributed by atoms with van der Waals surface area (Å²) in [6, 6.07) is 12.7. The molecule has 7 nitrogen and oxygen atoms in total. The minimum Gasteiger partial charge on any atom is -0.462 e. The fraction of sp³-hybridized carbons (Fsp3) is 0.261.